The van der Waals surface area contributed by atoms with Crippen molar-refractivity contribution in [2.45, 2.75) is 26.3 Å². The van der Waals surface area contributed by atoms with E-state index in [4.69, 9.17) is 4.74 Å². The van der Waals surface area contributed by atoms with E-state index in [9.17, 15) is 4.79 Å². The maximum Gasteiger partial charge on any atom is 0.246 e. The molecule has 1 aromatic rings. The zero-order chi connectivity index (χ0) is 12.7. The summed E-state index contributed by atoms with van der Waals surface area (Å²) in [6.45, 7) is 4.72. The Morgan fingerprint density at radius 3 is 2.82 bits per heavy atom. The lowest BCUT2D eigenvalue weighted by Gasteiger charge is -2.15. The maximum atomic E-state index is 11.6. The van der Waals surface area contributed by atoms with E-state index in [1.807, 2.05) is 38.1 Å². The summed E-state index contributed by atoms with van der Waals surface area (Å²) in [5.74, 6) is -0.0818. The molecular formula is C13H18BrNO2. The van der Waals surface area contributed by atoms with E-state index < -0.39 is 0 Å². The van der Waals surface area contributed by atoms with Crippen LogP contribution in [0.3, 0.4) is 0 Å². The van der Waals surface area contributed by atoms with Gasteiger partial charge in [0.25, 0.3) is 0 Å². The van der Waals surface area contributed by atoms with E-state index >= 15 is 0 Å². The molecule has 0 bridgehead atoms. The normalized spacial score (nSPS) is 12.2. The largest absolute Gasteiger partial charge is 0.372 e. The van der Waals surface area contributed by atoms with Crippen LogP contribution in [0.4, 0.5) is 0 Å². The molecule has 0 saturated heterocycles. The fourth-order valence-corrected chi connectivity index (χ4v) is 2.12. The van der Waals surface area contributed by atoms with Crippen molar-refractivity contribution in [2.24, 2.45) is 0 Å². The second-order valence-electron chi connectivity index (χ2n) is 3.86. The lowest BCUT2D eigenvalue weighted by Crippen LogP contribution is -2.30. The Bertz CT molecular complexity index is 368. The third kappa shape index (κ3) is 4.88. The van der Waals surface area contributed by atoms with Crippen molar-refractivity contribution in [1.29, 1.82) is 0 Å². The maximum absolute atomic E-state index is 11.6. The predicted molar refractivity (Wildman–Crippen MR) is 71.8 cm³/mol. The van der Waals surface area contributed by atoms with Crippen molar-refractivity contribution in [1.82, 2.24) is 5.32 Å². The van der Waals surface area contributed by atoms with Crippen LogP contribution in [0, 0.1) is 0 Å². The highest BCUT2D eigenvalue weighted by Crippen LogP contribution is 2.22. The van der Waals surface area contributed by atoms with E-state index in [0.717, 1.165) is 16.5 Å². The Balaban J connectivity index is 2.46. The lowest BCUT2D eigenvalue weighted by molar-refractivity contribution is -0.126. The fraction of sp³-hybridized carbons (Fsp3) is 0.462. The van der Waals surface area contributed by atoms with Crippen molar-refractivity contribution < 1.29 is 9.53 Å². The summed E-state index contributed by atoms with van der Waals surface area (Å²) >= 11 is 3.47. The first-order chi connectivity index (χ1) is 8.15. The van der Waals surface area contributed by atoms with Gasteiger partial charge in [-0.05, 0) is 25.0 Å². The number of hydrogen-bond acceptors (Lipinski definition) is 2. The van der Waals surface area contributed by atoms with E-state index in [0.29, 0.717) is 6.61 Å². The highest BCUT2D eigenvalue weighted by atomic mass is 79.9. The summed E-state index contributed by atoms with van der Waals surface area (Å²) in [5, 5.41) is 2.90. The summed E-state index contributed by atoms with van der Waals surface area (Å²) in [6, 6.07) is 7.83. The Labute approximate surface area is 111 Å². The van der Waals surface area contributed by atoms with Gasteiger partial charge in [-0.2, -0.15) is 0 Å². The second-order valence-corrected chi connectivity index (χ2v) is 4.72. The lowest BCUT2D eigenvalue weighted by atomic mass is 10.1. The summed E-state index contributed by atoms with van der Waals surface area (Å²) in [4.78, 5) is 11.6. The Kier molecular flexibility index (Phi) is 6.22. The molecule has 0 radical (unpaired) electrons. The minimum Gasteiger partial charge on any atom is -0.372 e. The Morgan fingerprint density at radius 2 is 2.18 bits per heavy atom. The van der Waals surface area contributed by atoms with E-state index in [2.05, 4.69) is 21.2 Å². The van der Waals surface area contributed by atoms with E-state index in [-0.39, 0.29) is 18.6 Å². The molecule has 0 aromatic heterocycles. The average molecular weight is 300 g/mol. The third-order valence-corrected chi connectivity index (χ3v) is 3.05. The molecule has 1 N–H and O–H groups in total. The molecule has 0 heterocycles. The van der Waals surface area contributed by atoms with Crippen LogP contribution in [-0.2, 0) is 9.53 Å². The zero-order valence-corrected chi connectivity index (χ0v) is 11.8. The molecular weight excluding hydrogens is 282 g/mol. The van der Waals surface area contributed by atoms with Gasteiger partial charge in [0.05, 0.1) is 6.04 Å². The average Bonchev–Trinajstić information content (AvgIpc) is 2.29. The fourth-order valence-electron chi connectivity index (χ4n) is 1.50. The van der Waals surface area contributed by atoms with Crippen LogP contribution in [0.1, 0.15) is 31.9 Å². The van der Waals surface area contributed by atoms with Gasteiger partial charge in [0.15, 0.2) is 0 Å². The van der Waals surface area contributed by atoms with Gasteiger partial charge in [-0.3, -0.25) is 4.79 Å². The zero-order valence-electron chi connectivity index (χ0n) is 10.2. The molecule has 0 aliphatic carbocycles. The highest BCUT2D eigenvalue weighted by molar-refractivity contribution is 9.10. The predicted octanol–water partition coefficient (Wildman–Crippen LogP) is 3.05. The molecule has 1 aromatic carbocycles. The molecule has 1 atom stereocenters. The standard InChI is InChI=1S/C13H18BrNO2/c1-3-8-17-9-13(16)15-10(2)11-6-4-5-7-12(11)14/h4-7,10H,3,8-9H2,1-2H3,(H,15,16)/t10-/m1/s1. The minimum atomic E-state index is -0.0818. The summed E-state index contributed by atoms with van der Waals surface area (Å²) in [5.41, 5.74) is 1.07. The van der Waals surface area contributed by atoms with Crippen LogP contribution in [0.25, 0.3) is 0 Å². The Morgan fingerprint density at radius 1 is 1.47 bits per heavy atom. The molecule has 0 unspecified atom stereocenters. The monoisotopic (exact) mass is 299 g/mol. The summed E-state index contributed by atoms with van der Waals surface area (Å²) < 4.78 is 6.19. The number of rotatable bonds is 6. The van der Waals surface area contributed by atoms with Crippen LogP contribution in [-0.4, -0.2) is 19.1 Å². The highest BCUT2D eigenvalue weighted by Gasteiger charge is 2.11. The van der Waals surface area contributed by atoms with Gasteiger partial charge >= 0.3 is 0 Å². The number of amides is 1. The molecule has 0 aliphatic heterocycles. The van der Waals surface area contributed by atoms with Gasteiger partial charge in [0.2, 0.25) is 5.91 Å². The third-order valence-electron chi connectivity index (χ3n) is 2.33. The van der Waals surface area contributed by atoms with Gasteiger partial charge in [-0.25, -0.2) is 0 Å². The van der Waals surface area contributed by atoms with Crippen LogP contribution >= 0.6 is 15.9 Å². The van der Waals surface area contributed by atoms with Crippen molar-refractivity contribution in [3.05, 3.63) is 34.3 Å². The van der Waals surface area contributed by atoms with Gasteiger partial charge in [0, 0.05) is 11.1 Å². The van der Waals surface area contributed by atoms with Gasteiger partial charge in [0.1, 0.15) is 6.61 Å². The quantitative estimate of drug-likeness (QED) is 0.820. The number of carbonyl (C=O) groups is 1. The smallest absolute Gasteiger partial charge is 0.246 e. The van der Waals surface area contributed by atoms with Crippen molar-refractivity contribution in [3.8, 4) is 0 Å². The number of nitrogens with one attached hydrogen (secondary N) is 1. The molecule has 94 valence electrons. The molecule has 1 rings (SSSR count). The molecule has 0 saturated carbocycles. The van der Waals surface area contributed by atoms with Crippen molar-refractivity contribution in [3.63, 3.8) is 0 Å². The molecule has 0 fully saturated rings. The topological polar surface area (TPSA) is 38.3 Å². The first-order valence-electron chi connectivity index (χ1n) is 5.76. The van der Waals surface area contributed by atoms with Gasteiger partial charge in [-0.15, -0.1) is 0 Å². The molecule has 0 spiro atoms. The van der Waals surface area contributed by atoms with Crippen LogP contribution in [0.2, 0.25) is 0 Å². The first-order valence-corrected chi connectivity index (χ1v) is 6.56. The minimum absolute atomic E-state index is 0.0247. The number of carbonyl (C=O) groups excluding carboxylic acids is 1. The molecule has 0 aliphatic rings. The van der Waals surface area contributed by atoms with Gasteiger partial charge < -0.3 is 10.1 Å². The van der Waals surface area contributed by atoms with Crippen molar-refractivity contribution in [2.75, 3.05) is 13.2 Å². The number of ether oxygens (including phenoxy) is 1. The first kappa shape index (κ1) is 14.2. The summed E-state index contributed by atoms with van der Waals surface area (Å²) in [7, 11) is 0. The van der Waals surface area contributed by atoms with Crippen LogP contribution < -0.4 is 5.32 Å². The molecule has 17 heavy (non-hydrogen) atoms. The summed E-state index contributed by atoms with van der Waals surface area (Å²) in [6.07, 6.45) is 0.924. The molecule has 1 amide bonds. The van der Waals surface area contributed by atoms with Crippen LogP contribution in [0.15, 0.2) is 28.7 Å². The van der Waals surface area contributed by atoms with E-state index in [1.54, 1.807) is 0 Å². The number of hydrogen-bond donors (Lipinski definition) is 1. The molecule has 4 heteroatoms. The Hall–Kier alpha value is -0.870. The number of halogens is 1. The SMILES string of the molecule is CCCOCC(=O)N[C@H](C)c1ccccc1Br. The van der Waals surface area contributed by atoms with Gasteiger partial charge in [-0.1, -0.05) is 41.1 Å². The van der Waals surface area contributed by atoms with Crippen molar-refractivity contribution >= 4 is 21.8 Å². The van der Waals surface area contributed by atoms with Crippen LogP contribution in [0.5, 0.6) is 0 Å². The second kappa shape index (κ2) is 7.45. The molecule has 3 nitrogen and oxygen atoms in total. The van der Waals surface area contributed by atoms with E-state index in [1.165, 1.54) is 0 Å². The number of benzene rings is 1.